The van der Waals surface area contributed by atoms with E-state index in [-0.39, 0.29) is 13.1 Å². The highest BCUT2D eigenvalue weighted by atomic mass is 35.5. The van der Waals surface area contributed by atoms with Gasteiger partial charge in [-0.3, -0.25) is 0 Å². The molecule has 0 radical (unpaired) electrons. The van der Waals surface area contributed by atoms with Gasteiger partial charge in [-0.25, -0.2) is 9.37 Å². The lowest BCUT2D eigenvalue weighted by Gasteiger charge is -2.42. The summed E-state index contributed by atoms with van der Waals surface area (Å²) in [5.74, 6) is 5.43. The third-order valence-electron chi connectivity index (χ3n) is 3.23. The molecule has 2 heterocycles. The molecule has 1 saturated heterocycles. The quantitative estimate of drug-likeness (QED) is 0.739. The summed E-state index contributed by atoms with van der Waals surface area (Å²) in [6, 6.07) is 10.6. The van der Waals surface area contributed by atoms with Crippen LogP contribution in [0.15, 0.2) is 42.6 Å². The first-order valence-corrected chi connectivity index (χ1v) is 7.14. The maximum absolute atomic E-state index is 14.4. The molecule has 1 aromatic carbocycles. The summed E-state index contributed by atoms with van der Waals surface area (Å²) < 4.78 is 14.4. The number of halogens is 3. The Hall–Kier alpha value is -1.76. The number of rotatable bonds is 1. The van der Waals surface area contributed by atoms with Gasteiger partial charge in [-0.15, -0.1) is 0 Å². The van der Waals surface area contributed by atoms with E-state index < -0.39 is 5.67 Å². The molecule has 0 aliphatic carbocycles. The molecule has 1 aliphatic rings. The predicted molar refractivity (Wildman–Crippen MR) is 83.6 cm³/mol. The van der Waals surface area contributed by atoms with Crippen molar-refractivity contribution in [3.63, 3.8) is 0 Å². The highest BCUT2D eigenvalue weighted by molar-refractivity contribution is 6.42. The van der Waals surface area contributed by atoms with Gasteiger partial charge in [0.05, 0.1) is 23.1 Å². The zero-order valence-corrected chi connectivity index (χ0v) is 12.5. The number of pyridine rings is 1. The fourth-order valence-electron chi connectivity index (χ4n) is 2.11. The van der Waals surface area contributed by atoms with Crippen LogP contribution in [0.25, 0.3) is 0 Å². The van der Waals surface area contributed by atoms with Gasteiger partial charge < -0.3 is 4.90 Å². The summed E-state index contributed by atoms with van der Waals surface area (Å²) in [5, 5.41) is 0.951. The molecule has 0 spiro atoms. The molecule has 0 N–H and O–H groups in total. The fraction of sp³-hybridized carbons (Fsp3) is 0.188. The van der Waals surface area contributed by atoms with Crippen LogP contribution in [0.4, 0.5) is 10.1 Å². The van der Waals surface area contributed by atoms with Crippen molar-refractivity contribution in [1.82, 2.24) is 4.98 Å². The van der Waals surface area contributed by atoms with Gasteiger partial charge in [0.2, 0.25) is 5.67 Å². The highest BCUT2D eigenvalue weighted by Gasteiger charge is 2.42. The van der Waals surface area contributed by atoms with Crippen molar-refractivity contribution in [2.45, 2.75) is 5.67 Å². The number of nitrogens with zero attached hydrogens (tertiary/aromatic N) is 2. The molecule has 1 fully saturated rings. The Bertz CT molecular complexity index is 716. The minimum absolute atomic E-state index is 0.213. The lowest BCUT2D eigenvalue weighted by atomic mass is 9.96. The van der Waals surface area contributed by atoms with Crippen LogP contribution >= 0.6 is 23.2 Å². The van der Waals surface area contributed by atoms with Gasteiger partial charge in [0.1, 0.15) is 5.69 Å². The van der Waals surface area contributed by atoms with E-state index in [2.05, 4.69) is 16.8 Å². The SMILES string of the molecule is FC1(C#Cc2ccccn2)CN(c2ccc(Cl)c(Cl)c2)C1. The second kappa shape index (κ2) is 5.55. The van der Waals surface area contributed by atoms with Crippen LogP contribution in [0.1, 0.15) is 5.69 Å². The van der Waals surface area contributed by atoms with E-state index in [1.54, 1.807) is 30.5 Å². The Morgan fingerprint density at radius 1 is 1.14 bits per heavy atom. The van der Waals surface area contributed by atoms with Crippen LogP contribution < -0.4 is 4.90 Å². The summed E-state index contributed by atoms with van der Waals surface area (Å²) in [4.78, 5) is 5.92. The van der Waals surface area contributed by atoms with Crippen LogP contribution in [0.3, 0.4) is 0 Å². The van der Waals surface area contributed by atoms with Crippen LogP contribution in [0, 0.1) is 11.8 Å². The van der Waals surface area contributed by atoms with E-state index >= 15 is 0 Å². The van der Waals surface area contributed by atoms with E-state index in [0.717, 1.165) is 5.69 Å². The highest BCUT2D eigenvalue weighted by Crippen LogP contribution is 2.33. The van der Waals surface area contributed by atoms with Crippen molar-refractivity contribution in [3.8, 4) is 11.8 Å². The van der Waals surface area contributed by atoms with Crippen LogP contribution in [-0.2, 0) is 0 Å². The Balaban J connectivity index is 1.69. The molecular weight excluding hydrogens is 310 g/mol. The van der Waals surface area contributed by atoms with E-state index in [0.29, 0.717) is 15.7 Å². The molecule has 21 heavy (non-hydrogen) atoms. The first-order chi connectivity index (χ1) is 10.1. The van der Waals surface area contributed by atoms with Crippen LogP contribution in [-0.4, -0.2) is 23.7 Å². The van der Waals surface area contributed by atoms with Crippen molar-refractivity contribution in [2.75, 3.05) is 18.0 Å². The fourth-order valence-corrected chi connectivity index (χ4v) is 2.41. The number of hydrogen-bond donors (Lipinski definition) is 0. The molecule has 3 rings (SSSR count). The predicted octanol–water partition coefficient (Wildman–Crippen LogP) is 3.97. The van der Waals surface area contributed by atoms with E-state index in [1.807, 2.05) is 17.0 Å². The summed E-state index contributed by atoms with van der Waals surface area (Å²) in [6.07, 6.45) is 1.64. The number of hydrogen-bond acceptors (Lipinski definition) is 2. The lowest BCUT2D eigenvalue weighted by molar-refractivity contribution is 0.192. The summed E-state index contributed by atoms with van der Waals surface area (Å²) in [5.41, 5.74) is -0.0938. The van der Waals surface area contributed by atoms with E-state index in [1.165, 1.54) is 0 Å². The first kappa shape index (κ1) is 14.2. The molecule has 106 valence electrons. The maximum Gasteiger partial charge on any atom is 0.205 e. The van der Waals surface area contributed by atoms with Crippen molar-refractivity contribution >= 4 is 28.9 Å². The van der Waals surface area contributed by atoms with E-state index in [9.17, 15) is 4.39 Å². The summed E-state index contributed by atoms with van der Waals surface area (Å²) in [6.45, 7) is 0.426. The van der Waals surface area contributed by atoms with Gasteiger partial charge in [0.15, 0.2) is 0 Å². The second-order valence-electron chi connectivity index (χ2n) is 4.88. The largest absolute Gasteiger partial charge is 0.363 e. The first-order valence-electron chi connectivity index (χ1n) is 6.39. The summed E-state index contributed by atoms with van der Waals surface area (Å²) in [7, 11) is 0. The van der Waals surface area contributed by atoms with Gasteiger partial charge in [0.25, 0.3) is 0 Å². The van der Waals surface area contributed by atoms with E-state index in [4.69, 9.17) is 23.2 Å². The number of alkyl halides is 1. The molecule has 0 atom stereocenters. The standard InChI is InChI=1S/C16H11Cl2FN2/c17-14-5-4-13(9-15(14)18)21-10-16(19,11-21)7-6-12-3-1-2-8-20-12/h1-5,8-9H,10-11H2. The summed E-state index contributed by atoms with van der Waals surface area (Å²) >= 11 is 11.8. The molecule has 1 aliphatic heterocycles. The molecule has 1 aromatic heterocycles. The van der Waals surface area contributed by atoms with Crippen LogP contribution in [0.5, 0.6) is 0 Å². The van der Waals surface area contributed by atoms with Crippen molar-refractivity contribution < 1.29 is 4.39 Å². The molecule has 0 bridgehead atoms. The molecule has 2 aromatic rings. The van der Waals surface area contributed by atoms with Gasteiger partial charge in [-0.2, -0.15) is 0 Å². The topological polar surface area (TPSA) is 16.1 Å². The van der Waals surface area contributed by atoms with Gasteiger partial charge in [0, 0.05) is 11.9 Å². The number of aromatic nitrogens is 1. The number of benzene rings is 1. The van der Waals surface area contributed by atoms with Gasteiger partial charge >= 0.3 is 0 Å². The molecular formula is C16H11Cl2FN2. The third-order valence-corrected chi connectivity index (χ3v) is 3.97. The number of anilines is 1. The van der Waals surface area contributed by atoms with Gasteiger partial charge in [-0.1, -0.05) is 35.2 Å². The minimum atomic E-state index is -1.51. The zero-order chi connectivity index (χ0) is 14.9. The maximum atomic E-state index is 14.4. The molecule has 0 saturated carbocycles. The Morgan fingerprint density at radius 3 is 2.62 bits per heavy atom. The third kappa shape index (κ3) is 3.12. The van der Waals surface area contributed by atoms with Crippen molar-refractivity contribution in [3.05, 3.63) is 58.3 Å². The van der Waals surface area contributed by atoms with Crippen molar-refractivity contribution in [1.29, 1.82) is 0 Å². The molecule has 2 nitrogen and oxygen atoms in total. The lowest BCUT2D eigenvalue weighted by Crippen LogP contribution is -2.58. The minimum Gasteiger partial charge on any atom is -0.363 e. The molecule has 5 heteroatoms. The molecule has 0 unspecified atom stereocenters. The van der Waals surface area contributed by atoms with Gasteiger partial charge in [-0.05, 0) is 36.3 Å². The average molecular weight is 321 g/mol. The Kier molecular flexibility index (Phi) is 3.75. The Morgan fingerprint density at radius 2 is 1.95 bits per heavy atom. The Labute approximate surface area is 132 Å². The average Bonchev–Trinajstić information content (AvgIpc) is 2.46. The van der Waals surface area contributed by atoms with Crippen LogP contribution in [0.2, 0.25) is 10.0 Å². The smallest absolute Gasteiger partial charge is 0.205 e. The monoisotopic (exact) mass is 320 g/mol. The molecule has 0 amide bonds. The normalized spacial score (nSPS) is 15.9. The second-order valence-corrected chi connectivity index (χ2v) is 5.70. The zero-order valence-electron chi connectivity index (χ0n) is 11.0. The van der Waals surface area contributed by atoms with Crippen molar-refractivity contribution in [2.24, 2.45) is 0 Å².